The van der Waals surface area contributed by atoms with Crippen LogP contribution in [-0.4, -0.2) is 35.8 Å². The molecule has 0 aromatic carbocycles. The largest absolute Gasteiger partial charge is 0.494 e. The molecule has 1 aromatic heterocycles. The molecule has 0 unspecified atom stereocenters. The van der Waals surface area contributed by atoms with Crippen LogP contribution in [0.3, 0.4) is 0 Å². The molecule has 1 aromatic rings. The molecule has 0 fully saturated rings. The second-order valence-corrected chi connectivity index (χ2v) is 6.94. The predicted molar refractivity (Wildman–Crippen MR) is 74.6 cm³/mol. The average molecular weight is 340 g/mol. The number of nitrogens with one attached hydrogen (secondary N) is 1. The lowest BCUT2D eigenvalue weighted by molar-refractivity contribution is 0.0957. The van der Waals surface area contributed by atoms with Gasteiger partial charge in [-0.2, -0.15) is 0 Å². The minimum absolute atomic E-state index is 0.189. The molecule has 0 aliphatic rings. The predicted octanol–water partition coefficient (Wildman–Crippen LogP) is 1.94. The van der Waals surface area contributed by atoms with Crippen LogP contribution in [0.1, 0.15) is 14.5 Å². The second kappa shape index (κ2) is 6.51. The van der Waals surface area contributed by atoms with Gasteiger partial charge in [0, 0.05) is 34.2 Å². The van der Waals surface area contributed by atoms with Crippen LogP contribution in [0.5, 0.6) is 5.75 Å². The maximum atomic E-state index is 11.9. The van der Waals surface area contributed by atoms with Crippen LogP contribution < -0.4 is 10.1 Å². The quantitative estimate of drug-likeness (QED) is 0.891. The van der Waals surface area contributed by atoms with Gasteiger partial charge in [0.2, 0.25) is 0 Å². The molecule has 0 aliphatic heterocycles. The molecular weight excluding hydrogens is 326 g/mol. The van der Waals surface area contributed by atoms with Crippen LogP contribution in [0.2, 0.25) is 0 Å². The summed E-state index contributed by atoms with van der Waals surface area (Å²) in [6.07, 6.45) is 1.61. The minimum atomic E-state index is -0.897. The van der Waals surface area contributed by atoms with Gasteiger partial charge in [-0.1, -0.05) is 0 Å². The van der Waals surface area contributed by atoms with Crippen molar-refractivity contribution in [2.75, 3.05) is 25.7 Å². The van der Waals surface area contributed by atoms with Crippen molar-refractivity contribution in [1.82, 2.24) is 5.32 Å². The molecule has 0 radical (unpaired) electrons. The summed E-state index contributed by atoms with van der Waals surface area (Å²) in [4.78, 5) is 13.4. The summed E-state index contributed by atoms with van der Waals surface area (Å²) in [6, 6.07) is 0. The monoisotopic (exact) mass is 339 g/mol. The Labute approximate surface area is 115 Å². The first-order valence-electron chi connectivity index (χ1n) is 4.88. The highest BCUT2D eigenvalue weighted by atomic mass is 79.9. The Balaban J connectivity index is 2.75. The van der Waals surface area contributed by atoms with Crippen LogP contribution in [0.15, 0.2) is 4.47 Å². The Bertz CT molecular complexity index is 445. The first-order chi connectivity index (χ1) is 7.97. The third kappa shape index (κ3) is 3.79. The number of amides is 1. The van der Waals surface area contributed by atoms with Crippen LogP contribution in [0.25, 0.3) is 0 Å². The van der Waals surface area contributed by atoms with Gasteiger partial charge in [0.25, 0.3) is 5.91 Å². The molecule has 17 heavy (non-hydrogen) atoms. The topological polar surface area (TPSA) is 55.4 Å². The van der Waals surface area contributed by atoms with E-state index in [1.54, 1.807) is 6.26 Å². The number of rotatable bonds is 5. The Morgan fingerprint density at radius 1 is 1.59 bits per heavy atom. The Kier molecular flexibility index (Phi) is 5.61. The van der Waals surface area contributed by atoms with Gasteiger partial charge in [0.1, 0.15) is 4.88 Å². The summed E-state index contributed by atoms with van der Waals surface area (Å²) in [5.74, 6) is 0.827. The smallest absolute Gasteiger partial charge is 0.265 e. The van der Waals surface area contributed by atoms with Gasteiger partial charge in [-0.3, -0.25) is 9.00 Å². The third-order valence-corrected chi connectivity index (χ3v) is 5.14. The highest BCUT2D eigenvalue weighted by Gasteiger charge is 2.20. The van der Waals surface area contributed by atoms with E-state index in [4.69, 9.17) is 4.74 Å². The number of aryl methyl sites for hydroxylation is 1. The van der Waals surface area contributed by atoms with Crippen molar-refractivity contribution in [3.8, 4) is 5.75 Å². The van der Waals surface area contributed by atoms with E-state index in [1.807, 2.05) is 6.92 Å². The fourth-order valence-corrected chi connectivity index (χ4v) is 3.28. The lowest BCUT2D eigenvalue weighted by Crippen LogP contribution is -2.27. The first kappa shape index (κ1) is 14.7. The number of thiophene rings is 1. The van der Waals surface area contributed by atoms with Crippen molar-refractivity contribution >= 4 is 44.0 Å². The van der Waals surface area contributed by atoms with Crippen molar-refractivity contribution in [3.63, 3.8) is 0 Å². The van der Waals surface area contributed by atoms with Crippen molar-refractivity contribution in [1.29, 1.82) is 0 Å². The Hall–Kier alpha value is -0.400. The Morgan fingerprint density at radius 2 is 2.24 bits per heavy atom. The van der Waals surface area contributed by atoms with Gasteiger partial charge >= 0.3 is 0 Å². The zero-order valence-electron chi connectivity index (χ0n) is 9.83. The van der Waals surface area contributed by atoms with Crippen molar-refractivity contribution in [2.24, 2.45) is 0 Å². The van der Waals surface area contributed by atoms with Gasteiger partial charge in [-0.25, -0.2) is 0 Å². The number of ether oxygens (including phenoxy) is 1. The summed E-state index contributed by atoms with van der Waals surface area (Å²) in [6.45, 7) is 2.31. The number of methoxy groups -OCH3 is 1. The maximum absolute atomic E-state index is 11.9. The molecule has 7 heteroatoms. The number of halogens is 1. The number of hydrogen-bond acceptors (Lipinski definition) is 4. The van der Waals surface area contributed by atoms with Crippen LogP contribution >= 0.6 is 27.3 Å². The summed E-state index contributed by atoms with van der Waals surface area (Å²) >= 11 is 4.75. The number of carbonyl (C=O) groups is 1. The normalized spacial score (nSPS) is 12.2. The van der Waals surface area contributed by atoms with E-state index in [1.165, 1.54) is 18.4 Å². The zero-order valence-corrected chi connectivity index (χ0v) is 13.1. The third-order valence-electron chi connectivity index (χ3n) is 2.06. The zero-order chi connectivity index (χ0) is 13.0. The SMILES string of the molecule is COc1c(C(=O)NCC[S@](C)=O)sc(C)c1Br. The van der Waals surface area contributed by atoms with E-state index in [0.29, 0.717) is 22.9 Å². The van der Waals surface area contributed by atoms with Crippen LogP contribution in [0.4, 0.5) is 0 Å². The van der Waals surface area contributed by atoms with Gasteiger partial charge in [-0.15, -0.1) is 11.3 Å². The van der Waals surface area contributed by atoms with E-state index in [-0.39, 0.29) is 5.91 Å². The van der Waals surface area contributed by atoms with E-state index < -0.39 is 10.8 Å². The minimum Gasteiger partial charge on any atom is -0.494 e. The lowest BCUT2D eigenvalue weighted by Gasteiger charge is -2.04. The first-order valence-corrected chi connectivity index (χ1v) is 8.22. The maximum Gasteiger partial charge on any atom is 0.265 e. The molecule has 1 N–H and O–H groups in total. The van der Waals surface area contributed by atoms with Crippen molar-refractivity contribution in [3.05, 3.63) is 14.2 Å². The van der Waals surface area contributed by atoms with Gasteiger partial charge in [0.05, 0.1) is 11.6 Å². The molecule has 1 amide bonds. The summed E-state index contributed by atoms with van der Waals surface area (Å²) in [5.41, 5.74) is 0. The molecule has 0 spiro atoms. The molecule has 4 nitrogen and oxygen atoms in total. The fourth-order valence-electron chi connectivity index (χ4n) is 1.22. The summed E-state index contributed by atoms with van der Waals surface area (Å²) < 4.78 is 16.9. The summed E-state index contributed by atoms with van der Waals surface area (Å²) in [5, 5.41) is 2.72. The Morgan fingerprint density at radius 3 is 2.76 bits per heavy atom. The van der Waals surface area contributed by atoms with E-state index in [2.05, 4.69) is 21.2 Å². The van der Waals surface area contributed by atoms with Crippen LogP contribution in [-0.2, 0) is 10.8 Å². The van der Waals surface area contributed by atoms with Gasteiger partial charge in [-0.05, 0) is 22.9 Å². The lowest BCUT2D eigenvalue weighted by atomic mass is 10.4. The molecule has 1 atom stereocenters. The number of hydrogen-bond donors (Lipinski definition) is 1. The molecule has 1 heterocycles. The van der Waals surface area contributed by atoms with Crippen molar-refractivity contribution < 1.29 is 13.7 Å². The average Bonchev–Trinajstić information content (AvgIpc) is 2.54. The van der Waals surface area contributed by atoms with Crippen molar-refractivity contribution in [2.45, 2.75) is 6.92 Å². The van der Waals surface area contributed by atoms with Crippen LogP contribution in [0, 0.1) is 6.92 Å². The van der Waals surface area contributed by atoms with E-state index in [0.717, 1.165) is 9.35 Å². The standard InChI is InChI=1S/C10H14BrNO3S2/c1-6-7(11)8(15-2)9(16-6)10(13)12-4-5-17(3)14/h4-5H2,1-3H3,(H,12,13)/t17-/m0/s1. The van der Waals surface area contributed by atoms with Gasteiger partial charge < -0.3 is 10.1 Å². The highest BCUT2D eigenvalue weighted by molar-refractivity contribution is 9.10. The molecule has 0 aliphatic carbocycles. The number of carbonyl (C=O) groups excluding carboxylic acids is 1. The highest BCUT2D eigenvalue weighted by Crippen LogP contribution is 2.38. The van der Waals surface area contributed by atoms with E-state index >= 15 is 0 Å². The second-order valence-electron chi connectivity index (χ2n) is 3.37. The molecule has 0 bridgehead atoms. The molecule has 0 saturated heterocycles. The van der Waals surface area contributed by atoms with Gasteiger partial charge in [0.15, 0.2) is 5.75 Å². The fraction of sp³-hybridized carbons (Fsp3) is 0.500. The van der Waals surface area contributed by atoms with E-state index in [9.17, 15) is 9.00 Å². The molecule has 0 saturated carbocycles. The molecule has 1 rings (SSSR count). The molecular formula is C10H14BrNO3S2. The molecule has 96 valence electrons. The summed E-state index contributed by atoms with van der Waals surface area (Å²) in [7, 11) is 0.635.